The SMILES string of the molecule is Cc1ccc2c(Sc3ccccc3C3CCNCC3)c[nH]c2c1. The first kappa shape index (κ1) is 14.9. The van der Waals surface area contributed by atoms with Gasteiger partial charge in [0.15, 0.2) is 0 Å². The maximum absolute atomic E-state index is 3.47. The summed E-state index contributed by atoms with van der Waals surface area (Å²) in [5, 5.41) is 4.79. The average molecular weight is 322 g/mol. The van der Waals surface area contributed by atoms with Crippen LogP contribution in [0.4, 0.5) is 0 Å². The van der Waals surface area contributed by atoms with Crippen LogP contribution in [-0.2, 0) is 0 Å². The number of hydrogen-bond acceptors (Lipinski definition) is 2. The number of aryl methyl sites for hydroxylation is 1. The summed E-state index contributed by atoms with van der Waals surface area (Å²) in [5.41, 5.74) is 4.04. The molecule has 0 bridgehead atoms. The van der Waals surface area contributed by atoms with Gasteiger partial charge in [0.05, 0.1) is 0 Å². The lowest BCUT2D eigenvalue weighted by molar-refractivity contribution is 0.456. The van der Waals surface area contributed by atoms with Gasteiger partial charge < -0.3 is 10.3 Å². The summed E-state index contributed by atoms with van der Waals surface area (Å²) in [4.78, 5) is 6.14. The Hall–Kier alpha value is -1.71. The molecular formula is C20H22N2S. The minimum Gasteiger partial charge on any atom is -0.360 e. The van der Waals surface area contributed by atoms with Crippen molar-refractivity contribution in [2.45, 2.75) is 35.5 Å². The number of aromatic nitrogens is 1. The van der Waals surface area contributed by atoms with Crippen molar-refractivity contribution in [2.75, 3.05) is 13.1 Å². The molecule has 1 saturated heterocycles. The van der Waals surface area contributed by atoms with Crippen LogP contribution in [0.15, 0.2) is 58.5 Å². The van der Waals surface area contributed by atoms with Crippen LogP contribution >= 0.6 is 11.8 Å². The van der Waals surface area contributed by atoms with E-state index in [1.54, 1.807) is 0 Å². The van der Waals surface area contributed by atoms with Crippen LogP contribution in [0.2, 0.25) is 0 Å². The number of fused-ring (bicyclic) bond motifs is 1. The van der Waals surface area contributed by atoms with Gasteiger partial charge in [0.2, 0.25) is 0 Å². The van der Waals surface area contributed by atoms with Gasteiger partial charge in [-0.05, 0) is 62.0 Å². The minimum atomic E-state index is 0.687. The van der Waals surface area contributed by atoms with Gasteiger partial charge in [0, 0.05) is 26.9 Å². The molecule has 0 atom stereocenters. The molecule has 0 unspecified atom stereocenters. The first-order valence-corrected chi connectivity index (χ1v) is 9.18. The largest absolute Gasteiger partial charge is 0.360 e. The van der Waals surface area contributed by atoms with Crippen LogP contribution < -0.4 is 5.32 Å². The zero-order valence-corrected chi connectivity index (χ0v) is 14.2. The highest BCUT2D eigenvalue weighted by atomic mass is 32.2. The Labute approximate surface area is 141 Å². The van der Waals surface area contributed by atoms with Gasteiger partial charge in [-0.15, -0.1) is 0 Å². The van der Waals surface area contributed by atoms with Gasteiger partial charge in [-0.1, -0.05) is 42.1 Å². The van der Waals surface area contributed by atoms with Crippen molar-refractivity contribution in [1.29, 1.82) is 0 Å². The van der Waals surface area contributed by atoms with E-state index in [1.165, 1.54) is 44.7 Å². The normalized spacial score (nSPS) is 16.0. The molecule has 118 valence electrons. The monoisotopic (exact) mass is 322 g/mol. The van der Waals surface area contributed by atoms with E-state index in [4.69, 9.17) is 0 Å². The number of benzene rings is 2. The molecule has 0 amide bonds. The highest BCUT2D eigenvalue weighted by molar-refractivity contribution is 7.99. The van der Waals surface area contributed by atoms with Crippen molar-refractivity contribution in [1.82, 2.24) is 10.3 Å². The molecule has 2 aromatic carbocycles. The second-order valence-corrected chi connectivity index (χ2v) is 7.45. The maximum atomic E-state index is 3.47. The molecule has 0 saturated carbocycles. The van der Waals surface area contributed by atoms with Gasteiger partial charge in [-0.25, -0.2) is 0 Å². The van der Waals surface area contributed by atoms with Gasteiger partial charge >= 0.3 is 0 Å². The summed E-state index contributed by atoms with van der Waals surface area (Å²) in [6.07, 6.45) is 4.63. The Morgan fingerprint density at radius 3 is 2.70 bits per heavy atom. The van der Waals surface area contributed by atoms with E-state index < -0.39 is 0 Å². The summed E-state index contributed by atoms with van der Waals surface area (Å²) in [5.74, 6) is 0.687. The topological polar surface area (TPSA) is 27.8 Å². The van der Waals surface area contributed by atoms with E-state index in [1.807, 2.05) is 11.8 Å². The van der Waals surface area contributed by atoms with Crippen molar-refractivity contribution < 1.29 is 0 Å². The van der Waals surface area contributed by atoms with Crippen LogP contribution in [0.3, 0.4) is 0 Å². The molecule has 0 radical (unpaired) electrons. The molecule has 1 aromatic heterocycles. The van der Waals surface area contributed by atoms with Crippen molar-refractivity contribution in [3.05, 3.63) is 59.8 Å². The Morgan fingerprint density at radius 1 is 1.00 bits per heavy atom. The molecule has 2 N–H and O–H groups in total. The zero-order chi connectivity index (χ0) is 15.6. The molecule has 2 heterocycles. The number of aromatic amines is 1. The lowest BCUT2D eigenvalue weighted by atomic mass is 9.90. The Kier molecular flexibility index (Phi) is 4.15. The lowest BCUT2D eigenvalue weighted by Crippen LogP contribution is -2.26. The minimum absolute atomic E-state index is 0.687. The first-order valence-electron chi connectivity index (χ1n) is 8.36. The average Bonchev–Trinajstić information content (AvgIpc) is 2.98. The summed E-state index contributed by atoms with van der Waals surface area (Å²) < 4.78 is 0. The molecule has 4 rings (SSSR count). The van der Waals surface area contributed by atoms with Crippen molar-refractivity contribution >= 4 is 22.7 Å². The second kappa shape index (κ2) is 6.42. The highest BCUT2D eigenvalue weighted by Gasteiger charge is 2.19. The molecule has 3 heteroatoms. The second-order valence-electron chi connectivity index (χ2n) is 6.37. The third-order valence-corrected chi connectivity index (χ3v) is 5.87. The summed E-state index contributed by atoms with van der Waals surface area (Å²) in [6.45, 7) is 4.41. The number of nitrogens with one attached hydrogen (secondary N) is 2. The van der Waals surface area contributed by atoms with Crippen LogP contribution in [0, 0.1) is 6.92 Å². The van der Waals surface area contributed by atoms with E-state index >= 15 is 0 Å². The van der Waals surface area contributed by atoms with E-state index in [9.17, 15) is 0 Å². The standard InChI is InChI=1S/C20H22N2S/c1-14-6-7-17-18(12-14)22-13-20(17)23-19-5-3-2-4-16(19)15-8-10-21-11-9-15/h2-7,12-13,15,21-22H,8-11H2,1H3. The fraction of sp³-hybridized carbons (Fsp3) is 0.300. The van der Waals surface area contributed by atoms with Crippen LogP contribution in [0.25, 0.3) is 10.9 Å². The van der Waals surface area contributed by atoms with Crippen LogP contribution in [0.5, 0.6) is 0 Å². The number of H-pyrrole nitrogens is 1. The van der Waals surface area contributed by atoms with E-state index in [2.05, 4.69) is 65.9 Å². The summed E-state index contributed by atoms with van der Waals surface area (Å²) >= 11 is 1.90. The lowest BCUT2D eigenvalue weighted by Gasteiger charge is -2.24. The molecule has 1 aliphatic heterocycles. The molecule has 3 aromatic rings. The molecule has 0 aliphatic carbocycles. The Morgan fingerprint density at radius 2 is 1.83 bits per heavy atom. The fourth-order valence-electron chi connectivity index (χ4n) is 3.46. The van der Waals surface area contributed by atoms with Gasteiger partial charge in [0.1, 0.15) is 0 Å². The first-order chi connectivity index (χ1) is 11.3. The van der Waals surface area contributed by atoms with Gasteiger partial charge in [-0.3, -0.25) is 0 Å². The number of rotatable bonds is 3. The van der Waals surface area contributed by atoms with Crippen LogP contribution in [0.1, 0.15) is 29.9 Å². The van der Waals surface area contributed by atoms with Crippen molar-refractivity contribution in [3.8, 4) is 0 Å². The third kappa shape index (κ3) is 3.04. The zero-order valence-electron chi connectivity index (χ0n) is 13.4. The molecule has 23 heavy (non-hydrogen) atoms. The molecular weight excluding hydrogens is 300 g/mol. The quantitative estimate of drug-likeness (QED) is 0.702. The molecule has 1 aliphatic rings. The van der Waals surface area contributed by atoms with Gasteiger partial charge in [-0.2, -0.15) is 0 Å². The Bertz CT molecular complexity index is 815. The van der Waals surface area contributed by atoms with Gasteiger partial charge in [0.25, 0.3) is 0 Å². The number of piperidine rings is 1. The highest BCUT2D eigenvalue weighted by Crippen LogP contribution is 2.39. The fourth-order valence-corrected chi connectivity index (χ4v) is 4.60. The summed E-state index contributed by atoms with van der Waals surface area (Å²) in [7, 11) is 0. The molecule has 1 fully saturated rings. The molecule has 2 nitrogen and oxygen atoms in total. The van der Waals surface area contributed by atoms with E-state index in [-0.39, 0.29) is 0 Å². The Balaban J connectivity index is 1.68. The maximum Gasteiger partial charge on any atom is 0.0468 e. The van der Waals surface area contributed by atoms with Crippen molar-refractivity contribution in [3.63, 3.8) is 0 Å². The predicted molar refractivity (Wildman–Crippen MR) is 98.4 cm³/mol. The summed E-state index contributed by atoms with van der Waals surface area (Å²) in [6, 6.07) is 15.6. The third-order valence-electron chi connectivity index (χ3n) is 4.72. The van der Waals surface area contributed by atoms with Crippen molar-refractivity contribution in [2.24, 2.45) is 0 Å². The van der Waals surface area contributed by atoms with E-state index in [0.29, 0.717) is 5.92 Å². The van der Waals surface area contributed by atoms with Crippen LogP contribution in [-0.4, -0.2) is 18.1 Å². The predicted octanol–water partition coefficient (Wildman–Crippen LogP) is 5.09. The number of hydrogen-bond donors (Lipinski definition) is 2. The smallest absolute Gasteiger partial charge is 0.0468 e. The molecule has 0 spiro atoms. The van der Waals surface area contributed by atoms with E-state index in [0.717, 1.165) is 13.1 Å².